The first-order valence-corrected chi connectivity index (χ1v) is 4.56. The van der Waals surface area contributed by atoms with Crippen molar-refractivity contribution in [2.24, 2.45) is 16.7 Å². The van der Waals surface area contributed by atoms with E-state index < -0.39 is 0 Å². The van der Waals surface area contributed by atoms with Crippen LogP contribution in [0.5, 0.6) is 0 Å². The topological polar surface area (TPSA) is 23.9 Å². The van der Waals surface area contributed by atoms with Gasteiger partial charge in [0.1, 0.15) is 0 Å². The summed E-state index contributed by atoms with van der Waals surface area (Å²) in [6, 6.07) is 0. The van der Waals surface area contributed by atoms with Crippen LogP contribution >= 0.6 is 0 Å². The van der Waals surface area contributed by atoms with Crippen molar-refractivity contribution >= 4 is 5.71 Å². The van der Waals surface area contributed by atoms with Gasteiger partial charge in [-0.05, 0) is 30.6 Å². The molecule has 2 atom stereocenters. The van der Waals surface area contributed by atoms with E-state index in [1.165, 1.54) is 12.8 Å². The average Bonchev–Trinajstić information content (AvgIpc) is 2.20. The third-order valence-corrected chi connectivity index (χ3v) is 4.55. The van der Waals surface area contributed by atoms with Crippen LogP contribution in [0.4, 0.5) is 0 Å². The highest BCUT2D eigenvalue weighted by molar-refractivity contribution is 5.91. The molecule has 11 heavy (non-hydrogen) atoms. The molecule has 2 rings (SSSR count). The third kappa shape index (κ3) is 0.605. The second-order valence-electron chi connectivity index (χ2n) is 4.97. The lowest BCUT2D eigenvalue weighted by Crippen LogP contribution is -2.31. The quantitative estimate of drug-likeness (QED) is 0.550. The van der Waals surface area contributed by atoms with Crippen LogP contribution in [0.15, 0.2) is 0 Å². The maximum Gasteiger partial charge on any atom is 0.0156 e. The third-order valence-electron chi connectivity index (χ3n) is 4.55. The molecule has 0 aromatic carbocycles. The smallest absolute Gasteiger partial charge is 0.0156 e. The Hall–Kier alpha value is -0.330. The van der Waals surface area contributed by atoms with Crippen molar-refractivity contribution in [2.75, 3.05) is 0 Å². The van der Waals surface area contributed by atoms with Gasteiger partial charge in [0.05, 0.1) is 0 Å². The molecule has 1 N–H and O–H groups in total. The van der Waals surface area contributed by atoms with Gasteiger partial charge < -0.3 is 5.41 Å². The normalized spacial score (nSPS) is 46.8. The Labute approximate surface area is 68.7 Å². The molecular formula is C10H17N. The summed E-state index contributed by atoms with van der Waals surface area (Å²) in [5.74, 6) is 0.806. The van der Waals surface area contributed by atoms with E-state index in [0.717, 1.165) is 18.1 Å². The van der Waals surface area contributed by atoms with Gasteiger partial charge >= 0.3 is 0 Å². The molecule has 1 heteroatoms. The fourth-order valence-corrected chi connectivity index (χ4v) is 2.97. The number of hydrogen-bond donors (Lipinski definition) is 1. The van der Waals surface area contributed by atoms with Gasteiger partial charge in [0.25, 0.3) is 0 Å². The summed E-state index contributed by atoms with van der Waals surface area (Å²) < 4.78 is 0. The second-order valence-corrected chi connectivity index (χ2v) is 4.97. The van der Waals surface area contributed by atoms with E-state index in [2.05, 4.69) is 20.8 Å². The number of rotatable bonds is 0. The SMILES string of the molecule is CC1(C)[C@H]2CC[C@]1(C)C(=N)C2. The molecule has 0 radical (unpaired) electrons. The Morgan fingerprint density at radius 2 is 2.00 bits per heavy atom. The van der Waals surface area contributed by atoms with Crippen molar-refractivity contribution in [3.63, 3.8) is 0 Å². The monoisotopic (exact) mass is 151 g/mol. The van der Waals surface area contributed by atoms with Gasteiger partial charge in [0.2, 0.25) is 0 Å². The van der Waals surface area contributed by atoms with Gasteiger partial charge in [-0.25, -0.2) is 0 Å². The fourth-order valence-electron chi connectivity index (χ4n) is 2.97. The van der Waals surface area contributed by atoms with Crippen molar-refractivity contribution in [1.82, 2.24) is 0 Å². The lowest BCUT2D eigenvalue weighted by atomic mass is 9.70. The molecule has 0 saturated heterocycles. The molecule has 0 aromatic rings. The number of fused-ring (bicyclic) bond motifs is 2. The molecule has 0 unspecified atom stereocenters. The van der Waals surface area contributed by atoms with E-state index in [9.17, 15) is 0 Å². The van der Waals surface area contributed by atoms with Crippen LogP contribution in [0, 0.1) is 22.2 Å². The molecule has 2 fully saturated rings. The lowest BCUT2D eigenvalue weighted by Gasteiger charge is -2.34. The summed E-state index contributed by atoms with van der Waals surface area (Å²) in [5.41, 5.74) is 1.67. The summed E-state index contributed by atoms with van der Waals surface area (Å²) in [4.78, 5) is 0. The fraction of sp³-hybridized carbons (Fsp3) is 0.900. The maximum atomic E-state index is 7.89. The van der Waals surface area contributed by atoms with Crippen molar-refractivity contribution in [3.05, 3.63) is 0 Å². The summed E-state index contributed by atoms with van der Waals surface area (Å²) >= 11 is 0. The lowest BCUT2D eigenvalue weighted by molar-refractivity contribution is 0.193. The van der Waals surface area contributed by atoms with Gasteiger partial charge in [-0.15, -0.1) is 0 Å². The van der Waals surface area contributed by atoms with E-state index in [1.54, 1.807) is 0 Å². The largest absolute Gasteiger partial charge is 0.309 e. The molecule has 2 aliphatic rings. The molecule has 2 bridgehead atoms. The first-order valence-electron chi connectivity index (χ1n) is 4.56. The highest BCUT2D eigenvalue weighted by Gasteiger charge is 2.59. The van der Waals surface area contributed by atoms with Crippen LogP contribution < -0.4 is 0 Å². The van der Waals surface area contributed by atoms with Crippen LogP contribution in [0.2, 0.25) is 0 Å². The van der Waals surface area contributed by atoms with Crippen LogP contribution in [0.3, 0.4) is 0 Å². The number of hydrogen-bond acceptors (Lipinski definition) is 1. The maximum absolute atomic E-state index is 7.89. The number of nitrogens with one attached hydrogen (secondary N) is 1. The van der Waals surface area contributed by atoms with Crippen molar-refractivity contribution in [2.45, 2.75) is 40.0 Å². The van der Waals surface area contributed by atoms with Gasteiger partial charge in [0, 0.05) is 11.1 Å². The predicted molar refractivity (Wildman–Crippen MR) is 47.0 cm³/mol. The van der Waals surface area contributed by atoms with Crippen LogP contribution in [0.25, 0.3) is 0 Å². The van der Waals surface area contributed by atoms with E-state index in [1.807, 2.05) is 0 Å². The van der Waals surface area contributed by atoms with E-state index >= 15 is 0 Å². The zero-order chi connectivity index (χ0) is 8.28. The molecule has 0 spiro atoms. The zero-order valence-corrected chi connectivity index (χ0v) is 7.70. The molecule has 62 valence electrons. The molecule has 0 amide bonds. The Morgan fingerprint density at radius 1 is 1.36 bits per heavy atom. The highest BCUT2D eigenvalue weighted by atomic mass is 14.7. The molecule has 0 aliphatic heterocycles. The van der Waals surface area contributed by atoms with Crippen LogP contribution in [-0.2, 0) is 0 Å². The van der Waals surface area contributed by atoms with E-state index in [4.69, 9.17) is 5.41 Å². The van der Waals surface area contributed by atoms with Gasteiger partial charge in [-0.1, -0.05) is 20.8 Å². The molecule has 2 saturated carbocycles. The molecule has 2 aliphatic carbocycles. The minimum atomic E-state index is 0.248. The second kappa shape index (κ2) is 1.70. The summed E-state index contributed by atoms with van der Waals surface area (Å²) in [7, 11) is 0. The van der Waals surface area contributed by atoms with Crippen LogP contribution in [-0.4, -0.2) is 5.71 Å². The highest BCUT2D eigenvalue weighted by Crippen LogP contribution is 2.63. The van der Waals surface area contributed by atoms with Gasteiger partial charge in [0.15, 0.2) is 0 Å². The van der Waals surface area contributed by atoms with E-state index in [-0.39, 0.29) is 5.41 Å². The summed E-state index contributed by atoms with van der Waals surface area (Å²) in [6.45, 7) is 6.96. The Bertz CT molecular complexity index is 217. The van der Waals surface area contributed by atoms with Crippen LogP contribution in [0.1, 0.15) is 40.0 Å². The Balaban J connectivity index is 2.47. The first-order chi connectivity index (χ1) is 4.98. The van der Waals surface area contributed by atoms with Crippen molar-refractivity contribution < 1.29 is 0 Å². The van der Waals surface area contributed by atoms with E-state index in [0.29, 0.717) is 5.41 Å². The Morgan fingerprint density at radius 3 is 2.18 bits per heavy atom. The summed E-state index contributed by atoms with van der Waals surface area (Å²) in [6.07, 6.45) is 3.68. The molecule has 0 aromatic heterocycles. The zero-order valence-electron chi connectivity index (χ0n) is 7.70. The predicted octanol–water partition coefficient (Wildman–Crippen LogP) is 2.85. The minimum absolute atomic E-state index is 0.248. The standard InChI is InChI=1S/C10H17N/c1-9(2)7-4-5-10(9,3)8(11)6-7/h7,11H,4-6H2,1-3H3/t7-,10+/m0/s1. The van der Waals surface area contributed by atoms with Gasteiger partial charge in [-0.3, -0.25) is 0 Å². The van der Waals surface area contributed by atoms with Crippen molar-refractivity contribution in [1.29, 1.82) is 5.41 Å². The Kier molecular flexibility index (Phi) is 1.13. The van der Waals surface area contributed by atoms with Crippen molar-refractivity contribution in [3.8, 4) is 0 Å². The molecule has 1 nitrogen and oxygen atoms in total. The molecular weight excluding hydrogens is 134 g/mol. The van der Waals surface area contributed by atoms with Gasteiger partial charge in [-0.2, -0.15) is 0 Å². The first kappa shape index (κ1) is 7.33. The average molecular weight is 151 g/mol. The minimum Gasteiger partial charge on any atom is -0.309 e. The summed E-state index contributed by atoms with van der Waals surface area (Å²) in [5, 5.41) is 7.89. The molecule has 0 heterocycles.